The SMILES string of the molecule is CCNC(=NCc1ccccc1Cl)NCC(CC)(CC)CCO. The zero-order valence-electron chi connectivity index (χ0n) is 14.5. The Kier molecular flexibility index (Phi) is 9.03. The van der Waals surface area contributed by atoms with Gasteiger partial charge < -0.3 is 15.7 Å². The van der Waals surface area contributed by atoms with Crippen LogP contribution >= 0.6 is 11.6 Å². The fourth-order valence-corrected chi connectivity index (χ4v) is 2.78. The summed E-state index contributed by atoms with van der Waals surface area (Å²) in [6.45, 7) is 8.77. The second-order valence-electron chi connectivity index (χ2n) is 5.82. The molecule has 0 aliphatic rings. The van der Waals surface area contributed by atoms with E-state index in [1.54, 1.807) is 0 Å². The lowest BCUT2D eigenvalue weighted by Crippen LogP contribution is -2.43. The standard InChI is InChI=1S/C18H30ClN3O/c1-4-18(5-2,11-12-23)14-22-17(20-6-3)21-13-15-9-7-8-10-16(15)19/h7-10,23H,4-6,11-14H2,1-3H3,(H2,20,21,22). The first-order chi connectivity index (χ1) is 11.1. The molecule has 0 saturated heterocycles. The van der Waals surface area contributed by atoms with E-state index in [0.29, 0.717) is 6.54 Å². The van der Waals surface area contributed by atoms with Crippen molar-refractivity contribution in [3.05, 3.63) is 34.9 Å². The molecule has 0 radical (unpaired) electrons. The summed E-state index contributed by atoms with van der Waals surface area (Å²) in [6, 6.07) is 7.76. The van der Waals surface area contributed by atoms with E-state index < -0.39 is 0 Å². The van der Waals surface area contributed by atoms with Gasteiger partial charge in [0.15, 0.2) is 5.96 Å². The molecule has 5 heteroatoms. The van der Waals surface area contributed by atoms with Crippen molar-refractivity contribution in [1.29, 1.82) is 0 Å². The van der Waals surface area contributed by atoms with Crippen molar-refractivity contribution in [2.24, 2.45) is 10.4 Å². The quantitative estimate of drug-likeness (QED) is 0.476. The maximum absolute atomic E-state index is 9.33. The second kappa shape index (κ2) is 10.5. The number of aliphatic imine (C=N–C) groups is 1. The highest BCUT2D eigenvalue weighted by Crippen LogP contribution is 2.29. The summed E-state index contributed by atoms with van der Waals surface area (Å²) < 4.78 is 0. The number of rotatable bonds is 9. The van der Waals surface area contributed by atoms with Gasteiger partial charge in [0.2, 0.25) is 0 Å². The Morgan fingerprint density at radius 3 is 2.43 bits per heavy atom. The Morgan fingerprint density at radius 2 is 1.87 bits per heavy atom. The number of hydrogen-bond donors (Lipinski definition) is 3. The molecule has 0 aliphatic carbocycles. The fraction of sp³-hybridized carbons (Fsp3) is 0.611. The molecule has 4 nitrogen and oxygen atoms in total. The van der Waals surface area contributed by atoms with Crippen LogP contribution in [-0.2, 0) is 6.54 Å². The smallest absolute Gasteiger partial charge is 0.191 e. The number of aliphatic hydroxyl groups excluding tert-OH is 1. The molecule has 1 aromatic carbocycles. The molecule has 0 unspecified atom stereocenters. The molecule has 0 atom stereocenters. The summed E-state index contributed by atoms with van der Waals surface area (Å²) in [4.78, 5) is 4.62. The normalized spacial score (nSPS) is 12.3. The summed E-state index contributed by atoms with van der Waals surface area (Å²) in [5, 5.41) is 16.8. The fourth-order valence-electron chi connectivity index (χ4n) is 2.58. The van der Waals surface area contributed by atoms with Gasteiger partial charge in [-0.3, -0.25) is 0 Å². The topological polar surface area (TPSA) is 56.7 Å². The minimum atomic E-state index is 0.106. The minimum absolute atomic E-state index is 0.106. The third kappa shape index (κ3) is 6.40. The van der Waals surface area contributed by atoms with Crippen LogP contribution in [0.15, 0.2) is 29.3 Å². The van der Waals surface area contributed by atoms with E-state index in [-0.39, 0.29) is 12.0 Å². The molecule has 0 amide bonds. The summed E-state index contributed by atoms with van der Waals surface area (Å²) in [5.41, 5.74) is 1.12. The molecule has 3 N–H and O–H groups in total. The zero-order valence-corrected chi connectivity index (χ0v) is 15.3. The van der Waals surface area contributed by atoms with Crippen LogP contribution in [0.5, 0.6) is 0 Å². The highest BCUT2D eigenvalue weighted by atomic mass is 35.5. The van der Waals surface area contributed by atoms with Gasteiger partial charge in [-0.15, -0.1) is 0 Å². The van der Waals surface area contributed by atoms with Crippen LogP contribution < -0.4 is 10.6 Å². The Balaban J connectivity index is 2.74. The molecule has 0 saturated carbocycles. The van der Waals surface area contributed by atoms with Crippen molar-refractivity contribution in [3.8, 4) is 0 Å². The van der Waals surface area contributed by atoms with Crippen molar-refractivity contribution in [2.45, 2.75) is 46.6 Å². The van der Waals surface area contributed by atoms with Crippen molar-refractivity contribution in [1.82, 2.24) is 10.6 Å². The lowest BCUT2D eigenvalue weighted by Gasteiger charge is -2.32. The number of nitrogens with one attached hydrogen (secondary N) is 2. The molecule has 130 valence electrons. The molecule has 0 aliphatic heterocycles. The third-order valence-electron chi connectivity index (χ3n) is 4.48. The first-order valence-electron chi connectivity index (χ1n) is 8.47. The van der Waals surface area contributed by atoms with Gasteiger partial charge in [-0.25, -0.2) is 4.99 Å². The maximum Gasteiger partial charge on any atom is 0.191 e. The monoisotopic (exact) mass is 339 g/mol. The van der Waals surface area contributed by atoms with Crippen molar-refractivity contribution in [3.63, 3.8) is 0 Å². The Morgan fingerprint density at radius 1 is 1.17 bits per heavy atom. The van der Waals surface area contributed by atoms with Gasteiger partial charge in [0.25, 0.3) is 0 Å². The third-order valence-corrected chi connectivity index (χ3v) is 4.85. The van der Waals surface area contributed by atoms with E-state index in [1.165, 1.54) is 0 Å². The van der Waals surface area contributed by atoms with Crippen LogP contribution in [0.3, 0.4) is 0 Å². The molecule has 1 rings (SSSR count). The first-order valence-corrected chi connectivity index (χ1v) is 8.85. The van der Waals surface area contributed by atoms with Crippen molar-refractivity contribution in [2.75, 3.05) is 19.7 Å². The predicted octanol–water partition coefficient (Wildman–Crippen LogP) is 3.58. The molecule has 23 heavy (non-hydrogen) atoms. The summed E-state index contributed by atoms with van der Waals surface area (Å²) in [7, 11) is 0. The number of nitrogens with zero attached hydrogens (tertiary/aromatic N) is 1. The van der Waals surface area contributed by atoms with Crippen molar-refractivity contribution < 1.29 is 5.11 Å². The second-order valence-corrected chi connectivity index (χ2v) is 6.23. The highest BCUT2D eigenvalue weighted by molar-refractivity contribution is 6.31. The van der Waals surface area contributed by atoms with Gasteiger partial charge in [-0.2, -0.15) is 0 Å². The molecule has 0 aromatic heterocycles. The van der Waals surface area contributed by atoms with Gasteiger partial charge in [0, 0.05) is 24.7 Å². The van der Waals surface area contributed by atoms with Gasteiger partial charge in [0.1, 0.15) is 0 Å². The summed E-state index contributed by atoms with van der Waals surface area (Å²) in [6.07, 6.45) is 2.86. The van der Waals surface area contributed by atoms with Gasteiger partial charge in [-0.1, -0.05) is 43.6 Å². The van der Waals surface area contributed by atoms with Gasteiger partial charge in [0.05, 0.1) is 6.54 Å². The number of aliphatic hydroxyl groups is 1. The van der Waals surface area contributed by atoms with E-state index in [2.05, 4.69) is 29.5 Å². The van der Waals surface area contributed by atoms with E-state index in [0.717, 1.165) is 48.9 Å². The maximum atomic E-state index is 9.33. The largest absolute Gasteiger partial charge is 0.396 e. The van der Waals surface area contributed by atoms with E-state index in [9.17, 15) is 5.11 Å². The van der Waals surface area contributed by atoms with Crippen LogP contribution in [0.2, 0.25) is 5.02 Å². The Bertz CT molecular complexity index is 487. The number of hydrogen-bond acceptors (Lipinski definition) is 2. The Hall–Kier alpha value is -1.26. The van der Waals surface area contributed by atoms with Gasteiger partial charge >= 0.3 is 0 Å². The minimum Gasteiger partial charge on any atom is -0.396 e. The first kappa shape index (κ1) is 19.8. The predicted molar refractivity (Wildman–Crippen MR) is 99.0 cm³/mol. The van der Waals surface area contributed by atoms with Crippen LogP contribution in [0.1, 0.15) is 45.6 Å². The lowest BCUT2D eigenvalue weighted by atomic mass is 9.79. The Labute approximate surface area is 145 Å². The molecule has 0 heterocycles. The average molecular weight is 340 g/mol. The highest BCUT2D eigenvalue weighted by Gasteiger charge is 2.25. The number of guanidine groups is 1. The van der Waals surface area contributed by atoms with E-state index in [4.69, 9.17) is 11.6 Å². The van der Waals surface area contributed by atoms with E-state index >= 15 is 0 Å². The lowest BCUT2D eigenvalue weighted by molar-refractivity contribution is 0.169. The van der Waals surface area contributed by atoms with Crippen LogP contribution in [0.25, 0.3) is 0 Å². The summed E-state index contributed by atoms with van der Waals surface area (Å²) in [5.74, 6) is 0.789. The number of halogens is 1. The number of benzene rings is 1. The molecule has 0 fully saturated rings. The van der Waals surface area contributed by atoms with Crippen LogP contribution in [0, 0.1) is 5.41 Å². The van der Waals surface area contributed by atoms with Crippen molar-refractivity contribution >= 4 is 17.6 Å². The van der Waals surface area contributed by atoms with Crippen LogP contribution in [-0.4, -0.2) is 30.8 Å². The molecular formula is C18H30ClN3O. The summed E-state index contributed by atoms with van der Waals surface area (Å²) >= 11 is 6.18. The van der Waals surface area contributed by atoms with Crippen LogP contribution in [0.4, 0.5) is 0 Å². The molecule has 1 aromatic rings. The molecular weight excluding hydrogens is 310 g/mol. The molecule has 0 spiro atoms. The zero-order chi connectivity index (χ0) is 17.1. The average Bonchev–Trinajstić information content (AvgIpc) is 2.57. The molecule has 0 bridgehead atoms. The van der Waals surface area contributed by atoms with Gasteiger partial charge in [-0.05, 0) is 43.2 Å². The van der Waals surface area contributed by atoms with E-state index in [1.807, 2.05) is 31.2 Å².